The largest absolute Gasteiger partial charge is 0.497 e. The Morgan fingerprint density at radius 3 is 2.50 bits per heavy atom. The monoisotopic (exact) mass is 449 g/mol. The predicted molar refractivity (Wildman–Crippen MR) is 99.5 cm³/mol. The fourth-order valence-electron chi connectivity index (χ4n) is 2.36. The minimum atomic E-state index is -4.52. The van der Waals surface area contributed by atoms with Crippen LogP contribution in [0, 0.1) is 0 Å². The summed E-state index contributed by atoms with van der Waals surface area (Å²) in [6.07, 6.45) is -4.52. The first-order chi connectivity index (χ1) is 13.0. The van der Waals surface area contributed by atoms with Gasteiger partial charge >= 0.3 is 6.18 Å². The number of thiophene rings is 1. The van der Waals surface area contributed by atoms with Crippen LogP contribution in [0.3, 0.4) is 0 Å². The van der Waals surface area contributed by atoms with E-state index in [4.69, 9.17) is 16.3 Å². The summed E-state index contributed by atoms with van der Waals surface area (Å²) in [7, 11) is -2.99. The van der Waals surface area contributed by atoms with Gasteiger partial charge in [-0.25, -0.2) is 13.1 Å². The number of hydrogen-bond acceptors (Lipinski definition) is 5. The molecule has 11 heteroatoms. The molecule has 2 aromatic carbocycles. The topological polar surface area (TPSA) is 72.5 Å². The Hall–Kier alpha value is -2.30. The normalized spacial score (nSPS) is 12.2. The molecule has 0 atom stereocenters. The van der Waals surface area contributed by atoms with Crippen molar-refractivity contribution in [1.82, 2.24) is 4.72 Å². The number of carbonyl (C=O) groups is 1. The van der Waals surface area contributed by atoms with Gasteiger partial charge in [-0.15, -0.1) is 11.3 Å². The highest BCUT2D eigenvalue weighted by atomic mass is 35.5. The molecule has 0 radical (unpaired) electrons. The summed E-state index contributed by atoms with van der Waals surface area (Å²) in [6, 6.07) is 8.24. The van der Waals surface area contributed by atoms with Crippen molar-refractivity contribution >= 4 is 49.0 Å². The summed E-state index contributed by atoms with van der Waals surface area (Å²) in [6.45, 7) is 0. The van der Waals surface area contributed by atoms with Gasteiger partial charge in [0, 0.05) is 10.8 Å². The molecular weight excluding hydrogens is 439 g/mol. The van der Waals surface area contributed by atoms with Gasteiger partial charge in [-0.2, -0.15) is 13.2 Å². The molecule has 28 heavy (non-hydrogen) atoms. The first-order valence-corrected chi connectivity index (χ1v) is 10.2. The van der Waals surface area contributed by atoms with Crippen LogP contribution >= 0.6 is 22.9 Å². The number of fused-ring (bicyclic) bond motifs is 1. The molecule has 0 aliphatic carbocycles. The van der Waals surface area contributed by atoms with Crippen LogP contribution < -0.4 is 9.46 Å². The maximum Gasteiger partial charge on any atom is 0.416 e. The number of carbonyl (C=O) groups excluding carboxylic acids is 1. The highest BCUT2D eigenvalue weighted by Crippen LogP contribution is 2.34. The van der Waals surface area contributed by atoms with Crippen molar-refractivity contribution in [3.8, 4) is 5.75 Å². The smallest absolute Gasteiger partial charge is 0.416 e. The van der Waals surface area contributed by atoms with Crippen molar-refractivity contribution in [2.45, 2.75) is 11.1 Å². The Morgan fingerprint density at radius 2 is 1.86 bits per heavy atom. The lowest BCUT2D eigenvalue weighted by Gasteiger charge is -2.09. The molecule has 3 rings (SSSR count). The molecule has 0 spiro atoms. The van der Waals surface area contributed by atoms with E-state index >= 15 is 0 Å². The van der Waals surface area contributed by atoms with Gasteiger partial charge in [-0.1, -0.05) is 17.7 Å². The van der Waals surface area contributed by atoms with E-state index in [0.29, 0.717) is 5.39 Å². The number of sulfonamides is 1. The lowest BCUT2D eigenvalue weighted by Crippen LogP contribution is -2.30. The van der Waals surface area contributed by atoms with E-state index in [1.165, 1.54) is 31.4 Å². The van der Waals surface area contributed by atoms with Crippen LogP contribution in [0.1, 0.15) is 15.2 Å². The van der Waals surface area contributed by atoms with E-state index in [-0.39, 0.29) is 25.2 Å². The van der Waals surface area contributed by atoms with Crippen LogP contribution in [0.5, 0.6) is 5.75 Å². The van der Waals surface area contributed by atoms with Crippen molar-refractivity contribution in [3.63, 3.8) is 0 Å². The van der Waals surface area contributed by atoms with Gasteiger partial charge in [0.05, 0.1) is 22.6 Å². The third-order valence-electron chi connectivity index (χ3n) is 3.73. The Labute approximate surface area is 166 Å². The Morgan fingerprint density at radius 1 is 1.14 bits per heavy atom. The van der Waals surface area contributed by atoms with Crippen molar-refractivity contribution < 1.29 is 31.1 Å². The number of nitrogens with one attached hydrogen (secondary N) is 1. The van der Waals surface area contributed by atoms with Gasteiger partial charge in [-0.05, 0) is 35.7 Å². The lowest BCUT2D eigenvalue weighted by molar-refractivity contribution is -0.137. The zero-order valence-electron chi connectivity index (χ0n) is 14.0. The zero-order chi connectivity index (χ0) is 20.7. The summed E-state index contributed by atoms with van der Waals surface area (Å²) >= 11 is 6.65. The second-order valence-corrected chi connectivity index (χ2v) is 8.73. The van der Waals surface area contributed by atoms with Gasteiger partial charge in [0.1, 0.15) is 10.6 Å². The van der Waals surface area contributed by atoms with E-state index in [9.17, 15) is 26.4 Å². The third-order valence-corrected chi connectivity index (χ3v) is 6.64. The molecule has 3 aromatic rings. The van der Waals surface area contributed by atoms with Crippen LogP contribution in [-0.2, 0) is 16.2 Å². The second-order valence-electron chi connectivity index (χ2n) is 5.59. The molecule has 0 saturated heterocycles. The fraction of sp³-hybridized carbons (Fsp3) is 0.118. The summed E-state index contributed by atoms with van der Waals surface area (Å²) in [5, 5.41) is 0.271. The molecule has 0 fully saturated rings. The third kappa shape index (κ3) is 4.08. The number of hydrogen-bond donors (Lipinski definition) is 1. The van der Waals surface area contributed by atoms with Gasteiger partial charge in [0.2, 0.25) is 0 Å². The van der Waals surface area contributed by atoms with Gasteiger partial charge < -0.3 is 4.74 Å². The van der Waals surface area contributed by atoms with E-state index in [0.717, 1.165) is 29.5 Å². The van der Waals surface area contributed by atoms with Crippen LogP contribution in [0.2, 0.25) is 5.02 Å². The van der Waals surface area contributed by atoms with Crippen molar-refractivity contribution in [2.75, 3.05) is 7.11 Å². The standard InChI is InChI=1S/C17H11ClF3NO4S2/c1-26-11-4-5-12(18)15(8-11)28(24,25)22-16(23)14-6-9-2-3-10(17(19,20)21)7-13(9)27-14/h2-8H,1H3,(H,22,23). The predicted octanol–water partition coefficient (Wildman–Crippen LogP) is 4.70. The molecule has 0 aliphatic rings. The first-order valence-electron chi connectivity index (χ1n) is 7.53. The minimum absolute atomic E-state index is 0.0584. The number of amides is 1. The van der Waals surface area contributed by atoms with Crippen LogP contribution in [0.4, 0.5) is 13.2 Å². The summed E-state index contributed by atoms with van der Waals surface area (Å²) in [5.74, 6) is -0.757. The van der Waals surface area contributed by atoms with Crippen molar-refractivity contribution in [3.05, 3.63) is 57.9 Å². The quantitative estimate of drug-likeness (QED) is 0.626. The maximum absolute atomic E-state index is 12.8. The van der Waals surface area contributed by atoms with Crippen molar-refractivity contribution in [1.29, 1.82) is 0 Å². The fourth-order valence-corrected chi connectivity index (χ4v) is 4.91. The molecule has 0 bridgehead atoms. The average Bonchev–Trinajstić information content (AvgIpc) is 3.04. The number of alkyl halides is 3. The number of rotatable bonds is 4. The first kappa shape index (κ1) is 20.4. The Balaban J connectivity index is 1.92. The molecule has 1 heterocycles. The van der Waals surface area contributed by atoms with Gasteiger partial charge in [-0.3, -0.25) is 4.79 Å². The molecule has 1 aromatic heterocycles. The SMILES string of the molecule is COc1ccc(Cl)c(S(=O)(=O)NC(=O)c2cc3ccc(C(F)(F)F)cc3s2)c1. The number of halogens is 4. The van der Waals surface area contributed by atoms with E-state index in [2.05, 4.69) is 0 Å². The summed E-state index contributed by atoms with van der Waals surface area (Å²) in [4.78, 5) is 12.0. The molecule has 1 amide bonds. The Kier molecular flexibility index (Phi) is 5.30. The van der Waals surface area contributed by atoms with E-state index < -0.39 is 27.7 Å². The van der Waals surface area contributed by atoms with Crippen molar-refractivity contribution in [2.24, 2.45) is 0 Å². The molecule has 148 valence electrons. The summed E-state index contributed by atoms with van der Waals surface area (Å²) in [5.41, 5.74) is -0.857. The summed E-state index contributed by atoms with van der Waals surface area (Å²) < 4.78 is 70.4. The van der Waals surface area contributed by atoms with Gasteiger partial charge in [0.25, 0.3) is 15.9 Å². The van der Waals surface area contributed by atoms with Gasteiger partial charge in [0.15, 0.2) is 0 Å². The highest BCUT2D eigenvalue weighted by molar-refractivity contribution is 7.90. The second kappa shape index (κ2) is 7.26. The number of methoxy groups -OCH3 is 1. The number of ether oxygens (including phenoxy) is 1. The maximum atomic E-state index is 12.8. The van der Waals surface area contributed by atoms with Crippen LogP contribution in [-0.4, -0.2) is 21.4 Å². The molecule has 5 nitrogen and oxygen atoms in total. The molecular formula is C17H11ClF3NO4S2. The number of benzene rings is 2. The molecule has 0 unspecified atom stereocenters. The Bertz CT molecular complexity index is 1170. The van der Waals surface area contributed by atoms with E-state index in [1.54, 1.807) is 0 Å². The molecule has 0 saturated carbocycles. The average molecular weight is 450 g/mol. The molecule has 0 aliphatic heterocycles. The molecule has 1 N–H and O–H groups in total. The van der Waals surface area contributed by atoms with Crippen LogP contribution in [0.15, 0.2) is 47.4 Å². The van der Waals surface area contributed by atoms with Crippen LogP contribution in [0.25, 0.3) is 10.1 Å². The lowest BCUT2D eigenvalue weighted by atomic mass is 10.1. The highest BCUT2D eigenvalue weighted by Gasteiger charge is 2.31. The van der Waals surface area contributed by atoms with E-state index in [1.807, 2.05) is 4.72 Å². The minimum Gasteiger partial charge on any atom is -0.497 e. The zero-order valence-corrected chi connectivity index (χ0v) is 16.4.